The molecule has 1 aliphatic rings. The molecule has 1 amide bonds. The number of aromatic nitrogens is 3. The summed E-state index contributed by atoms with van der Waals surface area (Å²) < 4.78 is 15.1. The van der Waals surface area contributed by atoms with Crippen LogP contribution in [0.2, 0.25) is 0 Å². The number of aryl methyl sites for hydroxylation is 1. The van der Waals surface area contributed by atoms with Crippen molar-refractivity contribution in [3.63, 3.8) is 0 Å². The molecule has 24 heavy (non-hydrogen) atoms. The highest BCUT2D eigenvalue weighted by Gasteiger charge is 2.26. The number of piperazine rings is 1. The molecule has 1 aliphatic heterocycles. The fraction of sp³-hybridized carbons (Fsp3) is 0.235. The van der Waals surface area contributed by atoms with Crippen molar-refractivity contribution in [2.24, 2.45) is 7.05 Å². The molecule has 0 atom stereocenters. The lowest BCUT2D eigenvalue weighted by Crippen LogP contribution is -2.50. The Kier molecular flexibility index (Phi) is 3.41. The number of hydrogen-bond donors (Lipinski definition) is 0. The van der Waals surface area contributed by atoms with Crippen LogP contribution in [0.15, 0.2) is 42.9 Å². The van der Waals surface area contributed by atoms with Gasteiger partial charge in [-0.05, 0) is 18.2 Å². The molecule has 3 heterocycles. The minimum Gasteiger partial charge on any atom is -0.360 e. The monoisotopic (exact) mass is 325 g/mol. The second kappa shape index (κ2) is 5.59. The number of halogens is 1. The Bertz CT molecular complexity index is 922. The third-order valence-corrected chi connectivity index (χ3v) is 4.25. The molecule has 0 aliphatic carbocycles. The van der Waals surface area contributed by atoms with E-state index in [2.05, 4.69) is 10.1 Å². The van der Waals surface area contributed by atoms with E-state index < -0.39 is 0 Å². The van der Waals surface area contributed by atoms with Crippen LogP contribution in [0.5, 0.6) is 0 Å². The Hall–Kier alpha value is -2.96. The van der Waals surface area contributed by atoms with E-state index in [0.29, 0.717) is 18.6 Å². The molecule has 3 aromatic rings. The summed E-state index contributed by atoms with van der Waals surface area (Å²) in [6.45, 7) is 1.54. The van der Waals surface area contributed by atoms with Gasteiger partial charge in [-0.2, -0.15) is 5.10 Å². The highest BCUT2D eigenvalue weighted by molar-refractivity contribution is 6.00. The van der Waals surface area contributed by atoms with Gasteiger partial charge in [0.05, 0.1) is 23.9 Å². The Balaban J connectivity index is 1.62. The topological polar surface area (TPSA) is 54.3 Å². The second-order valence-corrected chi connectivity index (χ2v) is 5.83. The molecule has 0 unspecified atom stereocenters. The van der Waals surface area contributed by atoms with Gasteiger partial charge >= 0.3 is 0 Å². The van der Waals surface area contributed by atoms with Crippen LogP contribution in [0.25, 0.3) is 10.9 Å². The lowest BCUT2D eigenvalue weighted by Gasteiger charge is -2.35. The van der Waals surface area contributed by atoms with E-state index in [1.807, 2.05) is 24.2 Å². The minimum absolute atomic E-state index is 0.0151. The van der Waals surface area contributed by atoms with Crippen molar-refractivity contribution in [3.8, 4) is 0 Å². The van der Waals surface area contributed by atoms with Crippen LogP contribution in [0, 0.1) is 5.82 Å². The van der Waals surface area contributed by atoms with Crippen molar-refractivity contribution in [2.45, 2.75) is 0 Å². The summed E-state index contributed by atoms with van der Waals surface area (Å²) in [6.07, 6.45) is 5.17. The average Bonchev–Trinajstić information content (AvgIpc) is 3.00. The Labute approximate surface area is 138 Å². The number of hydrogen-bond acceptors (Lipinski definition) is 4. The summed E-state index contributed by atoms with van der Waals surface area (Å²) in [5.41, 5.74) is 2.30. The number of benzene rings is 1. The third-order valence-electron chi connectivity index (χ3n) is 4.25. The number of carbonyl (C=O) groups is 1. The van der Waals surface area contributed by atoms with E-state index >= 15 is 0 Å². The summed E-state index contributed by atoms with van der Waals surface area (Å²) >= 11 is 0. The van der Waals surface area contributed by atoms with Crippen LogP contribution in [0.3, 0.4) is 0 Å². The van der Waals surface area contributed by atoms with Gasteiger partial charge in [0, 0.05) is 49.7 Å². The number of fused-ring (bicyclic) bond motifs is 1. The number of anilines is 2. The zero-order valence-electron chi connectivity index (χ0n) is 13.2. The maximum absolute atomic E-state index is 13.4. The molecule has 0 N–H and O–H groups in total. The van der Waals surface area contributed by atoms with Crippen LogP contribution in [0.4, 0.5) is 15.8 Å². The number of amides is 1. The first-order chi connectivity index (χ1) is 11.6. The lowest BCUT2D eigenvalue weighted by molar-refractivity contribution is -0.117. The van der Waals surface area contributed by atoms with Gasteiger partial charge in [0.25, 0.3) is 0 Å². The van der Waals surface area contributed by atoms with E-state index in [1.165, 1.54) is 12.1 Å². The molecule has 1 saturated heterocycles. The summed E-state index contributed by atoms with van der Waals surface area (Å²) in [4.78, 5) is 20.5. The van der Waals surface area contributed by atoms with Crippen molar-refractivity contribution >= 4 is 28.2 Å². The third kappa shape index (κ3) is 2.47. The zero-order chi connectivity index (χ0) is 16.7. The van der Waals surface area contributed by atoms with E-state index in [9.17, 15) is 9.18 Å². The number of nitrogens with zero attached hydrogens (tertiary/aromatic N) is 5. The predicted molar refractivity (Wildman–Crippen MR) is 89.5 cm³/mol. The van der Waals surface area contributed by atoms with Crippen LogP contribution < -0.4 is 9.80 Å². The zero-order valence-corrected chi connectivity index (χ0v) is 13.2. The molecular weight excluding hydrogens is 309 g/mol. The van der Waals surface area contributed by atoms with E-state index in [4.69, 9.17) is 0 Å². The molecular formula is C17H16FN5O. The lowest BCUT2D eigenvalue weighted by atomic mass is 10.1. The molecule has 1 fully saturated rings. The first-order valence-electron chi connectivity index (χ1n) is 7.70. The van der Waals surface area contributed by atoms with Gasteiger partial charge in [0.15, 0.2) is 0 Å². The summed E-state index contributed by atoms with van der Waals surface area (Å²) in [5.74, 6) is -0.300. The van der Waals surface area contributed by atoms with Crippen molar-refractivity contribution in [3.05, 3.63) is 48.7 Å². The van der Waals surface area contributed by atoms with Crippen LogP contribution in [0.1, 0.15) is 0 Å². The van der Waals surface area contributed by atoms with E-state index in [-0.39, 0.29) is 18.3 Å². The predicted octanol–water partition coefficient (Wildman–Crippen LogP) is 1.96. The molecule has 0 saturated carbocycles. The van der Waals surface area contributed by atoms with Crippen LogP contribution >= 0.6 is 0 Å². The van der Waals surface area contributed by atoms with Crippen molar-refractivity contribution in [1.29, 1.82) is 0 Å². The Morgan fingerprint density at radius 2 is 2.08 bits per heavy atom. The first kappa shape index (κ1) is 14.6. The van der Waals surface area contributed by atoms with Gasteiger partial charge in [0.2, 0.25) is 5.91 Å². The summed E-state index contributed by atoms with van der Waals surface area (Å²) in [5, 5.41) is 4.97. The molecule has 4 rings (SSSR count). The quantitative estimate of drug-likeness (QED) is 0.723. The maximum Gasteiger partial charge on any atom is 0.246 e. The highest BCUT2D eigenvalue weighted by Crippen LogP contribution is 2.28. The SMILES string of the molecule is Cn1cc(N2CCN(c3ccnc4cc(F)ccc34)CC2=O)cn1. The van der Waals surface area contributed by atoms with Gasteiger partial charge in [-0.15, -0.1) is 0 Å². The normalized spacial score (nSPS) is 15.3. The first-order valence-corrected chi connectivity index (χ1v) is 7.70. The maximum atomic E-state index is 13.4. The summed E-state index contributed by atoms with van der Waals surface area (Å²) in [7, 11) is 1.83. The largest absolute Gasteiger partial charge is 0.360 e. The average molecular weight is 325 g/mol. The van der Waals surface area contributed by atoms with Crippen molar-refractivity contribution in [2.75, 3.05) is 29.4 Å². The fourth-order valence-corrected chi connectivity index (χ4v) is 3.08. The number of rotatable bonds is 2. The van der Waals surface area contributed by atoms with Gasteiger partial charge in [0.1, 0.15) is 5.82 Å². The Morgan fingerprint density at radius 1 is 1.21 bits per heavy atom. The van der Waals surface area contributed by atoms with Gasteiger partial charge in [-0.1, -0.05) is 0 Å². The number of pyridine rings is 1. The highest BCUT2D eigenvalue weighted by atomic mass is 19.1. The van der Waals surface area contributed by atoms with Gasteiger partial charge < -0.3 is 9.80 Å². The molecule has 7 heteroatoms. The smallest absolute Gasteiger partial charge is 0.246 e. The molecule has 0 bridgehead atoms. The van der Waals surface area contributed by atoms with E-state index in [0.717, 1.165) is 16.8 Å². The molecule has 2 aromatic heterocycles. The number of carbonyl (C=O) groups excluding carboxylic acids is 1. The van der Waals surface area contributed by atoms with Crippen molar-refractivity contribution in [1.82, 2.24) is 14.8 Å². The van der Waals surface area contributed by atoms with Gasteiger partial charge in [-0.25, -0.2) is 4.39 Å². The standard InChI is InChI=1S/C17H16FN5O/c1-21-10-13(9-20-21)23-7-6-22(11-17(23)24)16-4-5-19-15-8-12(18)2-3-14(15)16/h2-5,8-10H,6-7,11H2,1H3. The molecule has 0 spiro atoms. The molecule has 0 radical (unpaired) electrons. The van der Waals surface area contributed by atoms with Crippen molar-refractivity contribution < 1.29 is 9.18 Å². The minimum atomic E-state index is -0.315. The van der Waals surface area contributed by atoms with Crippen LogP contribution in [-0.2, 0) is 11.8 Å². The molecule has 6 nitrogen and oxygen atoms in total. The molecule has 122 valence electrons. The Morgan fingerprint density at radius 3 is 2.83 bits per heavy atom. The molecule has 1 aromatic carbocycles. The van der Waals surface area contributed by atoms with E-state index in [1.54, 1.807) is 28.0 Å². The second-order valence-electron chi connectivity index (χ2n) is 5.83. The fourth-order valence-electron chi connectivity index (χ4n) is 3.08. The van der Waals surface area contributed by atoms with Gasteiger partial charge in [-0.3, -0.25) is 14.5 Å². The van der Waals surface area contributed by atoms with Crippen LogP contribution in [-0.4, -0.2) is 40.3 Å². The summed E-state index contributed by atoms with van der Waals surface area (Å²) in [6, 6.07) is 6.41.